The van der Waals surface area contributed by atoms with Crippen LogP contribution in [0.15, 0.2) is 41.3 Å². The first-order chi connectivity index (χ1) is 9.83. The first-order valence-electron chi connectivity index (χ1n) is 5.75. The van der Waals surface area contributed by atoms with Gasteiger partial charge in [-0.15, -0.1) is 0 Å². The zero-order chi connectivity index (χ0) is 15.6. The van der Waals surface area contributed by atoms with Crippen molar-refractivity contribution in [2.24, 2.45) is 0 Å². The average Bonchev–Trinajstić information content (AvgIpc) is 2.40. The third-order valence-electron chi connectivity index (χ3n) is 2.67. The molecule has 0 heterocycles. The summed E-state index contributed by atoms with van der Waals surface area (Å²) in [6, 6.07) is 7.46. The van der Waals surface area contributed by atoms with E-state index in [0.29, 0.717) is 11.4 Å². The second kappa shape index (κ2) is 5.79. The molecule has 112 valence electrons. The van der Waals surface area contributed by atoms with Crippen LogP contribution in [0.25, 0.3) is 0 Å². The van der Waals surface area contributed by atoms with Gasteiger partial charge in [0, 0.05) is 6.07 Å². The molecule has 5 nitrogen and oxygen atoms in total. The minimum Gasteiger partial charge on any atom is -0.495 e. The standard InChI is InChI=1S/C13H12ClFN2O3S/c1-20-12-7-9(3-4-11(12)16)17-21(18,19)13-5-2-8(15)6-10(13)14/h2-7,17H,16H2,1H3. The van der Waals surface area contributed by atoms with E-state index in [0.717, 1.165) is 18.2 Å². The molecule has 8 heteroatoms. The molecule has 0 aromatic heterocycles. The number of methoxy groups -OCH3 is 1. The molecule has 0 bridgehead atoms. The van der Waals surface area contributed by atoms with Gasteiger partial charge in [-0.05, 0) is 30.3 Å². The number of rotatable bonds is 4. The van der Waals surface area contributed by atoms with Crippen LogP contribution in [0.5, 0.6) is 5.75 Å². The molecule has 0 aliphatic rings. The third-order valence-corrected chi connectivity index (χ3v) is 4.53. The molecule has 0 atom stereocenters. The van der Waals surface area contributed by atoms with Gasteiger partial charge in [0.05, 0.1) is 23.5 Å². The number of ether oxygens (including phenoxy) is 1. The van der Waals surface area contributed by atoms with Gasteiger partial charge in [-0.2, -0.15) is 0 Å². The van der Waals surface area contributed by atoms with Crippen LogP contribution in [-0.4, -0.2) is 15.5 Å². The van der Waals surface area contributed by atoms with Crippen LogP contribution >= 0.6 is 11.6 Å². The van der Waals surface area contributed by atoms with E-state index >= 15 is 0 Å². The SMILES string of the molecule is COc1cc(NS(=O)(=O)c2ccc(F)cc2Cl)ccc1N. The van der Waals surface area contributed by atoms with Crippen molar-refractivity contribution in [1.82, 2.24) is 0 Å². The van der Waals surface area contributed by atoms with Crippen molar-refractivity contribution in [3.8, 4) is 5.75 Å². The predicted molar refractivity (Wildman–Crippen MR) is 79.6 cm³/mol. The minimum absolute atomic E-state index is 0.204. The van der Waals surface area contributed by atoms with Crippen LogP contribution in [0.2, 0.25) is 5.02 Å². The molecule has 0 amide bonds. The lowest BCUT2D eigenvalue weighted by Gasteiger charge is -2.11. The second-order valence-corrected chi connectivity index (χ2v) is 6.19. The molecule has 0 fully saturated rings. The average molecular weight is 331 g/mol. The topological polar surface area (TPSA) is 81.4 Å². The largest absolute Gasteiger partial charge is 0.495 e. The van der Waals surface area contributed by atoms with Gasteiger partial charge >= 0.3 is 0 Å². The van der Waals surface area contributed by atoms with Gasteiger partial charge in [0.15, 0.2) is 0 Å². The predicted octanol–water partition coefficient (Wildman–Crippen LogP) is 2.87. The molecule has 0 saturated carbocycles. The summed E-state index contributed by atoms with van der Waals surface area (Å²) < 4.78 is 44.8. The van der Waals surface area contributed by atoms with Crippen LogP contribution in [-0.2, 0) is 10.0 Å². The summed E-state index contributed by atoms with van der Waals surface area (Å²) in [6.45, 7) is 0. The Balaban J connectivity index is 2.37. The Bertz CT molecular complexity index is 781. The maximum atomic E-state index is 13.0. The fraction of sp³-hybridized carbons (Fsp3) is 0.0769. The number of nitrogens with one attached hydrogen (secondary N) is 1. The normalized spacial score (nSPS) is 11.2. The van der Waals surface area contributed by atoms with Crippen molar-refractivity contribution in [2.45, 2.75) is 4.90 Å². The van der Waals surface area contributed by atoms with Crippen LogP contribution in [0.3, 0.4) is 0 Å². The maximum absolute atomic E-state index is 13.0. The van der Waals surface area contributed by atoms with Gasteiger partial charge in [0.25, 0.3) is 10.0 Å². The highest BCUT2D eigenvalue weighted by Crippen LogP contribution is 2.28. The van der Waals surface area contributed by atoms with Gasteiger partial charge in [-0.25, -0.2) is 12.8 Å². The number of benzene rings is 2. The molecule has 0 unspecified atom stereocenters. The molecule has 2 aromatic rings. The van der Waals surface area contributed by atoms with E-state index < -0.39 is 15.8 Å². The highest BCUT2D eigenvalue weighted by Gasteiger charge is 2.19. The summed E-state index contributed by atoms with van der Waals surface area (Å²) in [5, 5.41) is -0.204. The van der Waals surface area contributed by atoms with Crippen molar-refractivity contribution in [1.29, 1.82) is 0 Å². The van der Waals surface area contributed by atoms with Crippen LogP contribution < -0.4 is 15.2 Å². The van der Waals surface area contributed by atoms with Gasteiger partial charge in [0.2, 0.25) is 0 Å². The zero-order valence-electron chi connectivity index (χ0n) is 10.9. The molecule has 0 saturated heterocycles. The summed E-state index contributed by atoms with van der Waals surface area (Å²) in [5.74, 6) is -0.284. The lowest BCUT2D eigenvalue weighted by molar-refractivity contribution is 0.417. The fourth-order valence-electron chi connectivity index (χ4n) is 1.68. The van der Waals surface area contributed by atoms with Gasteiger partial charge in [-0.1, -0.05) is 11.6 Å². The van der Waals surface area contributed by atoms with E-state index in [-0.39, 0.29) is 15.6 Å². The number of hydrogen-bond acceptors (Lipinski definition) is 4. The zero-order valence-corrected chi connectivity index (χ0v) is 12.5. The molecule has 0 spiro atoms. The summed E-state index contributed by atoms with van der Waals surface area (Å²) in [7, 11) is -2.53. The number of sulfonamides is 1. The fourth-order valence-corrected chi connectivity index (χ4v) is 3.26. The molecule has 2 aromatic carbocycles. The number of anilines is 2. The Morgan fingerprint density at radius 2 is 1.95 bits per heavy atom. The molecule has 21 heavy (non-hydrogen) atoms. The summed E-state index contributed by atoms with van der Waals surface area (Å²) >= 11 is 5.76. The quantitative estimate of drug-likeness (QED) is 0.845. The van der Waals surface area contributed by atoms with E-state index in [2.05, 4.69) is 4.72 Å². The molecule has 3 N–H and O–H groups in total. The molecule has 0 aliphatic heterocycles. The van der Waals surface area contributed by atoms with Gasteiger partial charge < -0.3 is 10.5 Å². The monoisotopic (exact) mass is 330 g/mol. The van der Waals surface area contributed by atoms with E-state index in [1.165, 1.54) is 25.3 Å². The number of nitrogen functional groups attached to an aromatic ring is 1. The van der Waals surface area contributed by atoms with Crippen molar-refractivity contribution < 1.29 is 17.5 Å². The summed E-state index contributed by atoms with van der Waals surface area (Å²) in [5.41, 5.74) is 6.28. The molecule has 0 radical (unpaired) electrons. The Kier molecular flexibility index (Phi) is 4.24. The molecular weight excluding hydrogens is 319 g/mol. The van der Waals surface area contributed by atoms with E-state index in [1.807, 2.05) is 0 Å². The lowest BCUT2D eigenvalue weighted by Crippen LogP contribution is -2.13. The van der Waals surface area contributed by atoms with E-state index in [4.69, 9.17) is 22.1 Å². The Morgan fingerprint density at radius 1 is 1.24 bits per heavy atom. The molecule has 2 rings (SSSR count). The second-order valence-electron chi connectivity index (χ2n) is 4.14. The number of nitrogens with two attached hydrogens (primary N) is 1. The highest BCUT2D eigenvalue weighted by atomic mass is 35.5. The highest BCUT2D eigenvalue weighted by molar-refractivity contribution is 7.92. The Labute approximate surface area is 126 Å². The van der Waals surface area contributed by atoms with E-state index in [9.17, 15) is 12.8 Å². The number of halogens is 2. The lowest BCUT2D eigenvalue weighted by atomic mass is 10.2. The first-order valence-corrected chi connectivity index (χ1v) is 7.61. The maximum Gasteiger partial charge on any atom is 0.263 e. The van der Waals surface area contributed by atoms with Gasteiger partial charge in [0.1, 0.15) is 16.5 Å². The van der Waals surface area contributed by atoms with E-state index in [1.54, 1.807) is 0 Å². The molecular formula is C13H12ClFN2O3S. The van der Waals surface area contributed by atoms with Crippen molar-refractivity contribution >= 4 is 33.0 Å². The van der Waals surface area contributed by atoms with Crippen LogP contribution in [0, 0.1) is 5.82 Å². The van der Waals surface area contributed by atoms with Crippen molar-refractivity contribution in [3.63, 3.8) is 0 Å². The summed E-state index contributed by atoms with van der Waals surface area (Å²) in [4.78, 5) is -0.221. The Hall–Kier alpha value is -1.99. The van der Waals surface area contributed by atoms with Gasteiger partial charge in [-0.3, -0.25) is 4.72 Å². The van der Waals surface area contributed by atoms with Crippen molar-refractivity contribution in [3.05, 3.63) is 47.2 Å². The third kappa shape index (κ3) is 3.37. The summed E-state index contributed by atoms with van der Waals surface area (Å²) in [6.07, 6.45) is 0. The molecule has 0 aliphatic carbocycles. The smallest absolute Gasteiger partial charge is 0.263 e. The first kappa shape index (κ1) is 15.4. The van der Waals surface area contributed by atoms with Crippen LogP contribution in [0.1, 0.15) is 0 Å². The minimum atomic E-state index is -3.94. The number of hydrogen-bond donors (Lipinski definition) is 2. The van der Waals surface area contributed by atoms with Crippen LogP contribution in [0.4, 0.5) is 15.8 Å². The Morgan fingerprint density at radius 3 is 2.57 bits per heavy atom. The van der Waals surface area contributed by atoms with Crippen molar-refractivity contribution in [2.75, 3.05) is 17.6 Å².